The van der Waals surface area contributed by atoms with Gasteiger partial charge in [0.25, 0.3) is 0 Å². The van der Waals surface area contributed by atoms with Gasteiger partial charge in [0.2, 0.25) is 0 Å². The van der Waals surface area contributed by atoms with E-state index in [2.05, 4.69) is 143 Å². The summed E-state index contributed by atoms with van der Waals surface area (Å²) in [4.78, 5) is 4.98. The molecule has 0 unspecified atom stereocenters. The predicted octanol–water partition coefficient (Wildman–Crippen LogP) is 3.69. The minimum Gasteiger partial charge on any atom is -0.382 e. The van der Waals surface area contributed by atoms with Crippen molar-refractivity contribution in [1.82, 2.24) is 4.72 Å². The Morgan fingerprint density at radius 1 is 0.484 bits per heavy atom. The van der Waals surface area contributed by atoms with E-state index in [0.29, 0.717) is 0 Å². The molecule has 0 N–H and O–H groups in total. The molecule has 4 aromatic rings. The Bertz CT molecular complexity index is 1010. The summed E-state index contributed by atoms with van der Waals surface area (Å²) in [5.41, 5.74) is 5.02. The van der Waals surface area contributed by atoms with Crippen molar-refractivity contribution < 1.29 is 0 Å². The molecule has 0 saturated carbocycles. The lowest BCUT2D eigenvalue weighted by Crippen LogP contribution is -2.77. The van der Waals surface area contributed by atoms with Crippen LogP contribution in [0.15, 0.2) is 121 Å². The SMILES string of the molecule is CN1B(c2ccccc2)N(c2ccccc2)CN(c2ccccc2)B1c1ccccc1. The fourth-order valence-electron chi connectivity index (χ4n) is 4.66. The fraction of sp³-hybridized carbons (Fsp3) is 0.0769. The van der Waals surface area contributed by atoms with Gasteiger partial charge in [0.05, 0.1) is 6.67 Å². The van der Waals surface area contributed by atoms with Crippen LogP contribution in [-0.2, 0) is 0 Å². The molecule has 1 aliphatic rings. The van der Waals surface area contributed by atoms with E-state index in [1.807, 2.05) is 0 Å². The molecule has 5 rings (SSSR count). The molecule has 0 atom stereocenters. The lowest BCUT2D eigenvalue weighted by molar-refractivity contribution is 0.735. The molecule has 3 nitrogen and oxygen atoms in total. The molecule has 0 aliphatic carbocycles. The summed E-state index contributed by atoms with van der Waals surface area (Å²) in [5, 5.41) is 0. The molecule has 1 heterocycles. The topological polar surface area (TPSA) is 9.72 Å². The zero-order valence-corrected chi connectivity index (χ0v) is 17.8. The van der Waals surface area contributed by atoms with E-state index in [0.717, 1.165) is 6.67 Å². The standard InChI is InChI=1S/C26H25B2N3/c1-29-27(23-14-6-2-7-15-23)30(25-18-10-4-11-19-25)22-31(26-20-12-5-13-21-26)28(29)24-16-8-3-9-17-24/h2-21H,22H2,1H3. The van der Waals surface area contributed by atoms with E-state index in [1.54, 1.807) is 0 Å². The summed E-state index contributed by atoms with van der Waals surface area (Å²) in [6.45, 7) is 1.03. The lowest BCUT2D eigenvalue weighted by atomic mass is 9.49. The molecular weight excluding hydrogens is 376 g/mol. The third kappa shape index (κ3) is 3.85. The Hall–Kier alpha value is -3.43. The van der Waals surface area contributed by atoms with Crippen LogP contribution in [0.2, 0.25) is 0 Å². The van der Waals surface area contributed by atoms with E-state index in [1.165, 1.54) is 22.3 Å². The molecule has 1 aliphatic heterocycles. The minimum absolute atomic E-state index is 0.119. The molecule has 1 saturated heterocycles. The Morgan fingerprint density at radius 2 is 0.806 bits per heavy atom. The molecule has 5 heteroatoms. The van der Waals surface area contributed by atoms with Crippen LogP contribution in [0.1, 0.15) is 0 Å². The van der Waals surface area contributed by atoms with Gasteiger partial charge in [0.15, 0.2) is 0 Å². The highest BCUT2D eigenvalue weighted by molar-refractivity contribution is 6.90. The molecule has 31 heavy (non-hydrogen) atoms. The van der Waals surface area contributed by atoms with Gasteiger partial charge in [0.1, 0.15) is 0 Å². The van der Waals surface area contributed by atoms with Gasteiger partial charge < -0.3 is 14.3 Å². The highest BCUT2D eigenvalue weighted by Gasteiger charge is 2.46. The lowest BCUT2D eigenvalue weighted by Gasteiger charge is -2.51. The van der Waals surface area contributed by atoms with Crippen molar-refractivity contribution in [3.63, 3.8) is 0 Å². The molecule has 0 aromatic heterocycles. The molecule has 0 bridgehead atoms. The van der Waals surface area contributed by atoms with Crippen LogP contribution in [0.25, 0.3) is 0 Å². The molecule has 150 valence electrons. The fourth-order valence-corrected chi connectivity index (χ4v) is 4.66. The summed E-state index contributed by atoms with van der Waals surface area (Å²) in [6, 6.07) is 43.1. The van der Waals surface area contributed by atoms with Crippen LogP contribution in [0.5, 0.6) is 0 Å². The van der Waals surface area contributed by atoms with Gasteiger partial charge in [-0.25, -0.2) is 0 Å². The predicted molar refractivity (Wildman–Crippen MR) is 134 cm³/mol. The van der Waals surface area contributed by atoms with Crippen molar-refractivity contribution in [3.8, 4) is 0 Å². The first-order chi connectivity index (χ1) is 15.3. The molecule has 4 aromatic carbocycles. The first-order valence-electron chi connectivity index (χ1n) is 10.8. The highest BCUT2D eigenvalue weighted by Crippen LogP contribution is 2.26. The molecule has 0 amide bonds. The molecule has 1 fully saturated rings. The number of hydrogen-bond donors (Lipinski definition) is 0. The van der Waals surface area contributed by atoms with Crippen molar-refractivity contribution in [2.45, 2.75) is 0 Å². The number of nitrogens with zero attached hydrogens (tertiary/aromatic N) is 3. The molecule has 0 spiro atoms. The van der Waals surface area contributed by atoms with Crippen molar-refractivity contribution in [1.29, 1.82) is 0 Å². The second-order valence-electron chi connectivity index (χ2n) is 7.99. The van der Waals surface area contributed by atoms with Crippen LogP contribution in [0, 0.1) is 0 Å². The number of hydrogen-bond acceptors (Lipinski definition) is 3. The summed E-state index contributed by atoms with van der Waals surface area (Å²) in [7, 11) is 2.24. The zero-order valence-electron chi connectivity index (χ0n) is 17.8. The summed E-state index contributed by atoms with van der Waals surface area (Å²) >= 11 is 0. The zero-order chi connectivity index (χ0) is 21.0. The third-order valence-electron chi connectivity index (χ3n) is 6.04. The van der Waals surface area contributed by atoms with Crippen LogP contribution in [0.3, 0.4) is 0 Å². The summed E-state index contributed by atoms with van der Waals surface area (Å²) in [5.74, 6) is 0. The van der Waals surface area contributed by atoms with Gasteiger partial charge in [-0.05, 0) is 42.2 Å². The van der Waals surface area contributed by atoms with Gasteiger partial charge in [0, 0.05) is 11.4 Å². The van der Waals surface area contributed by atoms with Crippen molar-refractivity contribution >= 4 is 36.3 Å². The Kier molecular flexibility index (Phi) is 5.51. The quantitative estimate of drug-likeness (QED) is 0.483. The van der Waals surface area contributed by atoms with E-state index in [4.69, 9.17) is 0 Å². The minimum atomic E-state index is 0.119. The largest absolute Gasteiger partial charge is 0.382 e. The van der Waals surface area contributed by atoms with Crippen LogP contribution in [0.4, 0.5) is 11.4 Å². The molecule has 0 radical (unpaired) electrons. The van der Waals surface area contributed by atoms with Gasteiger partial charge >= 0.3 is 14.0 Å². The average molecular weight is 401 g/mol. The maximum Gasteiger partial charge on any atom is 0.370 e. The van der Waals surface area contributed by atoms with E-state index >= 15 is 0 Å². The second kappa shape index (κ2) is 8.75. The Balaban J connectivity index is 1.66. The molecular formula is C26H25B2N3. The van der Waals surface area contributed by atoms with Crippen molar-refractivity contribution in [2.75, 3.05) is 23.3 Å². The van der Waals surface area contributed by atoms with E-state index in [-0.39, 0.29) is 14.0 Å². The van der Waals surface area contributed by atoms with Gasteiger partial charge in [-0.15, -0.1) is 0 Å². The van der Waals surface area contributed by atoms with Crippen LogP contribution in [-0.4, -0.2) is 32.4 Å². The van der Waals surface area contributed by atoms with Gasteiger partial charge in [-0.3, -0.25) is 0 Å². The maximum absolute atomic E-state index is 2.49. The van der Waals surface area contributed by atoms with Crippen molar-refractivity contribution in [3.05, 3.63) is 121 Å². The Labute approximate surface area is 185 Å². The summed E-state index contributed by atoms with van der Waals surface area (Å²) < 4.78 is 2.48. The maximum atomic E-state index is 2.49. The monoisotopic (exact) mass is 401 g/mol. The summed E-state index contributed by atoms with van der Waals surface area (Å²) in [6.07, 6.45) is 0. The first-order valence-corrected chi connectivity index (χ1v) is 10.8. The van der Waals surface area contributed by atoms with Crippen LogP contribution < -0.4 is 20.5 Å². The highest BCUT2D eigenvalue weighted by atomic mass is 15.4. The van der Waals surface area contributed by atoms with E-state index < -0.39 is 0 Å². The average Bonchev–Trinajstić information content (AvgIpc) is 2.85. The van der Waals surface area contributed by atoms with Crippen LogP contribution >= 0.6 is 0 Å². The van der Waals surface area contributed by atoms with Crippen molar-refractivity contribution in [2.24, 2.45) is 0 Å². The number of para-hydroxylation sites is 2. The number of rotatable bonds is 4. The third-order valence-corrected chi connectivity index (χ3v) is 6.04. The second-order valence-corrected chi connectivity index (χ2v) is 7.99. The van der Waals surface area contributed by atoms with Gasteiger partial charge in [-0.2, -0.15) is 0 Å². The normalized spacial score (nSPS) is 14.7. The Morgan fingerprint density at radius 3 is 1.16 bits per heavy atom. The van der Waals surface area contributed by atoms with Gasteiger partial charge in [-0.1, -0.05) is 97.1 Å². The number of benzene rings is 4. The van der Waals surface area contributed by atoms with E-state index in [9.17, 15) is 0 Å². The first kappa shape index (κ1) is 19.5. The number of anilines is 2. The smallest absolute Gasteiger partial charge is 0.370 e.